The third-order valence-electron chi connectivity index (χ3n) is 6.28. The maximum atomic E-state index is 12.1. The summed E-state index contributed by atoms with van der Waals surface area (Å²) in [7, 11) is -2.80. The van der Waals surface area contributed by atoms with Gasteiger partial charge in [-0.05, 0) is 12.8 Å². The molecule has 0 heterocycles. The maximum Gasteiger partial charge on any atom is 0.150 e. The van der Waals surface area contributed by atoms with Crippen molar-refractivity contribution in [1.82, 2.24) is 0 Å². The van der Waals surface area contributed by atoms with Gasteiger partial charge in [0.05, 0.1) is 11.5 Å². The quantitative estimate of drug-likeness (QED) is 0.155. The molecule has 0 fully saturated rings. The van der Waals surface area contributed by atoms with E-state index in [1.165, 1.54) is 103 Å². The van der Waals surface area contributed by atoms with Crippen molar-refractivity contribution in [3.8, 4) is 0 Å². The molecule has 2 nitrogen and oxygen atoms in total. The highest BCUT2D eigenvalue weighted by Gasteiger charge is 2.09. The van der Waals surface area contributed by atoms with Crippen LogP contribution in [0.5, 0.6) is 0 Å². The molecular weight excluding hydrogens is 424 g/mol. The Hall–Kier alpha value is -0.830. The lowest BCUT2D eigenvalue weighted by Gasteiger charge is -2.05. The SMILES string of the molecule is CCCCCCCCCCCCS(=O)(=O)CCCCCCCCCCCC.c1ccccc1. The summed E-state index contributed by atoms with van der Waals surface area (Å²) < 4.78 is 24.2. The van der Waals surface area contributed by atoms with Gasteiger partial charge >= 0.3 is 0 Å². The fraction of sp³-hybridized carbons (Fsp3) is 0.800. The molecule has 0 saturated carbocycles. The second-order valence-electron chi connectivity index (χ2n) is 9.67. The molecule has 0 aromatic heterocycles. The van der Waals surface area contributed by atoms with E-state index >= 15 is 0 Å². The van der Waals surface area contributed by atoms with Gasteiger partial charge < -0.3 is 0 Å². The molecule has 0 N–H and O–H groups in total. The summed E-state index contributed by atoms with van der Waals surface area (Å²) in [4.78, 5) is 0. The van der Waals surface area contributed by atoms with Gasteiger partial charge in [0.25, 0.3) is 0 Å². The van der Waals surface area contributed by atoms with E-state index in [1.54, 1.807) is 0 Å². The molecule has 0 aliphatic carbocycles. The first kappa shape index (κ1) is 32.2. The van der Waals surface area contributed by atoms with Gasteiger partial charge in [0, 0.05) is 0 Å². The van der Waals surface area contributed by atoms with Crippen LogP contribution in [-0.2, 0) is 9.84 Å². The van der Waals surface area contributed by atoms with E-state index < -0.39 is 9.84 Å². The van der Waals surface area contributed by atoms with Crippen molar-refractivity contribution in [2.24, 2.45) is 0 Å². The van der Waals surface area contributed by atoms with Crippen molar-refractivity contribution in [2.45, 2.75) is 142 Å². The van der Waals surface area contributed by atoms with E-state index in [-0.39, 0.29) is 0 Å². The lowest BCUT2D eigenvalue weighted by Crippen LogP contribution is -2.11. The van der Waals surface area contributed by atoms with Gasteiger partial charge in [-0.2, -0.15) is 0 Å². The number of benzene rings is 1. The maximum absolute atomic E-state index is 12.1. The summed E-state index contributed by atoms with van der Waals surface area (Å²) in [6.45, 7) is 4.51. The second kappa shape index (κ2) is 25.8. The average Bonchev–Trinajstić information content (AvgIpc) is 2.83. The Morgan fingerprint density at radius 2 is 0.576 bits per heavy atom. The molecule has 1 aromatic carbocycles. The fourth-order valence-corrected chi connectivity index (χ4v) is 5.60. The van der Waals surface area contributed by atoms with Crippen molar-refractivity contribution in [2.75, 3.05) is 11.5 Å². The molecule has 0 aliphatic rings. The molecule has 0 radical (unpaired) electrons. The minimum atomic E-state index is -2.80. The summed E-state index contributed by atoms with van der Waals surface area (Å²) in [5, 5.41) is 0. The van der Waals surface area contributed by atoms with Crippen LogP contribution in [0.1, 0.15) is 142 Å². The van der Waals surface area contributed by atoms with Crippen LogP contribution in [0.15, 0.2) is 36.4 Å². The third kappa shape index (κ3) is 27.3. The molecule has 0 aliphatic heterocycles. The third-order valence-corrected chi connectivity index (χ3v) is 8.11. The first-order valence-electron chi connectivity index (χ1n) is 14.3. The number of sulfone groups is 1. The number of unbranched alkanes of at least 4 members (excludes halogenated alkanes) is 18. The molecule has 0 amide bonds. The van der Waals surface area contributed by atoms with E-state index in [0.717, 1.165) is 25.7 Å². The van der Waals surface area contributed by atoms with Crippen LogP contribution in [0.25, 0.3) is 0 Å². The predicted octanol–water partition coefficient (Wildman–Crippen LogP) is 9.93. The molecule has 3 heteroatoms. The average molecular weight is 481 g/mol. The van der Waals surface area contributed by atoms with Gasteiger partial charge in [-0.1, -0.05) is 166 Å². The Bertz CT molecular complexity index is 512. The van der Waals surface area contributed by atoms with Crippen LogP contribution in [0, 0.1) is 0 Å². The molecule has 0 atom stereocenters. The first-order chi connectivity index (χ1) is 16.1. The highest BCUT2D eigenvalue weighted by molar-refractivity contribution is 7.91. The lowest BCUT2D eigenvalue weighted by molar-refractivity contribution is 0.552. The highest BCUT2D eigenvalue weighted by atomic mass is 32.2. The largest absolute Gasteiger partial charge is 0.229 e. The van der Waals surface area contributed by atoms with E-state index in [1.807, 2.05) is 36.4 Å². The number of hydrogen-bond acceptors (Lipinski definition) is 2. The van der Waals surface area contributed by atoms with Crippen LogP contribution in [0.2, 0.25) is 0 Å². The normalized spacial score (nSPS) is 11.2. The van der Waals surface area contributed by atoms with Crippen molar-refractivity contribution in [3.63, 3.8) is 0 Å². The number of hydrogen-bond donors (Lipinski definition) is 0. The van der Waals surface area contributed by atoms with Crippen molar-refractivity contribution in [1.29, 1.82) is 0 Å². The fourth-order valence-electron chi connectivity index (χ4n) is 4.11. The molecule has 194 valence electrons. The zero-order chi connectivity index (χ0) is 24.3. The molecular formula is C30H56O2S. The standard InChI is InChI=1S/C24H50O2S.C6H6/c1-3-5-7-9-11-13-15-17-19-21-23-27(25,26)24-22-20-18-16-14-12-10-8-6-4-2;1-2-4-6-5-3-1/h3-24H2,1-2H3;1-6H. The highest BCUT2D eigenvalue weighted by Crippen LogP contribution is 2.13. The Labute approximate surface area is 208 Å². The molecule has 0 bridgehead atoms. The van der Waals surface area contributed by atoms with Crippen molar-refractivity contribution < 1.29 is 8.42 Å². The van der Waals surface area contributed by atoms with Gasteiger partial charge in [0.2, 0.25) is 0 Å². The van der Waals surface area contributed by atoms with Crippen molar-refractivity contribution in [3.05, 3.63) is 36.4 Å². The Kier molecular flexibility index (Phi) is 25.1. The second-order valence-corrected chi connectivity index (χ2v) is 12.0. The molecule has 0 unspecified atom stereocenters. The molecule has 1 rings (SSSR count). The summed E-state index contributed by atoms with van der Waals surface area (Å²) in [5.74, 6) is 0.835. The first-order valence-corrected chi connectivity index (χ1v) is 16.1. The van der Waals surface area contributed by atoms with Crippen LogP contribution < -0.4 is 0 Å². The monoisotopic (exact) mass is 480 g/mol. The zero-order valence-corrected chi connectivity index (χ0v) is 23.1. The van der Waals surface area contributed by atoms with Crippen LogP contribution in [-0.4, -0.2) is 19.9 Å². The molecule has 33 heavy (non-hydrogen) atoms. The van der Waals surface area contributed by atoms with Crippen LogP contribution >= 0.6 is 0 Å². The van der Waals surface area contributed by atoms with Crippen molar-refractivity contribution >= 4 is 9.84 Å². The predicted molar refractivity (Wildman–Crippen MR) is 149 cm³/mol. The minimum absolute atomic E-state index is 0.418. The number of rotatable bonds is 22. The Morgan fingerprint density at radius 1 is 0.364 bits per heavy atom. The van der Waals surface area contributed by atoms with Gasteiger partial charge in [-0.15, -0.1) is 0 Å². The van der Waals surface area contributed by atoms with E-state index in [9.17, 15) is 8.42 Å². The Morgan fingerprint density at radius 3 is 0.818 bits per heavy atom. The van der Waals surface area contributed by atoms with Crippen LogP contribution in [0.3, 0.4) is 0 Å². The van der Waals surface area contributed by atoms with E-state index in [4.69, 9.17) is 0 Å². The van der Waals surface area contributed by atoms with Gasteiger partial charge in [-0.3, -0.25) is 0 Å². The smallest absolute Gasteiger partial charge is 0.150 e. The van der Waals surface area contributed by atoms with E-state index in [0.29, 0.717) is 11.5 Å². The zero-order valence-electron chi connectivity index (χ0n) is 22.2. The summed E-state index contributed by atoms with van der Waals surface area (Å²) in [6, 6.07) is 12.0. The molecule has 1 aromatic rings. The lowest BCUT2D eigenvalue weighted by atomic mass is 10.1. The van der Waals surface area contributed by atoms with Gasteiger partial charge in [0.15, 0.2) is 0 Å². The Balaban J connectivity index is 0.00000146. The van der Waals surface area contributed by atoms with Gasteiger partial charge in [-0.25, -0.2) is 8.42 Å². The summed E-state index contributed by atoms with van der Waals surface area (Å²) in [5.41, 5.74) is 0. The molecule has 0 spiro atoms. The van der Waals surface area contributed by atoms with Gasteiger partial charge in [0.1, 0.15) is 9.84 Å². The van der Waals surface area contributed by atoms with E-state index in [2.05, 4.69) is 13.8 Å². The summed E-state index contributed by atoms with van der Waals surface area (Å²) in [6.07, 6.45) is 25.2. The minimum Gasteiger partial charge on any atom is -0.229 e. The topological polar surface area (TPSA) is 34.1 Å². The van der Waals surface area contributed by atoms with Crippen LogP contribution in [0.4, 0.5) is 0 Å². The molecule has 0 saturated heterocycles. The summed E-state index contributed by atoms with van der Waals surface area (Å²) >= 11 is 0.